The zero-order valence-electron chi connectivity index (χ0n) is 13.9. The van der Waals surface area contributed by atoms with Gasteiger partial charge in [-0.05, 0) is 37.8 Å². The molecule has 0 spiro atoms. The molecular weight excluding hydrogens is 318 g/mol. The summed E-state index contributed by atoms with van der Waals surface area (Å²) >= 11 is 0. The lowest BCUT2D eigenvalue weighted by atomic mass is 9.97. The van der Waals surface area contributed by atoms with E-state index >= 15 is 0 Å². The lowest BCUT2D eigenvalue weighted by molar-refractivity contribution is -0.133. The summed E-state index contributed by atoms with van der Waals surface area (Å²) in [5.74, 6) is 2.34. The molecule has 1 atom stereocenters. The number of para-hydroxylation sites is 1. The Bertz CT molecular complexity index is 892. The number of hydrogen-bond donors (Lipinski definition) is 0. The van der Waals surface area contributed by atoms with Crippen molar-refractivity contribution in [3.63, 3.8) is 0 Å². The monoisotopic (exact) mass is 337 g/mol. The molecule has 6 heteroatoms. The molecule has 0 N–H and O–H groups in total. The Balaban J connectivity index is 1.37. The van der Waals surface area contributed by atoms with Crippen molar-refractivity contribution >= 4 is 16.9 Å². The van der Waals surface area contributed by atoms with Crippen LogP contribution in [0, 0.1) is 5.92 Å². The van der Waals surface area contributed by atoms with Crippen molar-refractivity contribution in [3.05, 3.63) is 36.2 Å². The van der Waals surface area contributed by atoms with Crippen LogP contribution in [0.15, 0.2) is 39.3 Å². The lowest BCUT2D eigenvalue weighted by Gasteiger charge is -2.31. The van der Waals surface area contributed by atoms with E-state index in [2.05, 4.69) is 10.1 Å². The molecule has 2 aromatic heterocycles. The number of likely N-dealkylation sites (tertiary alicyclic amines) is 1. The van der Waals surface area contributed by atoms with E-state index in [0.29, 0.717) is 29.9 Å². The van der Waals surface area contributed by atoms with E-state index in [0.717, 1.165) is 43.2 Å². The minimum Gasteiger partial charge on any atom is -0.453 e. The Morgan fingerprint density at radius 3 is 2.92 bits per heavy atom. The Hall–Kier alpha value is -2.63. The van der Waals surface area contributed by atoms with Crippen LogP contribution in [0.25, 0.3) is 22.6 Å². The summed E-state index contributed by atoms with van der Waals surface area (Å²) in [4.78, 5) is 18.8. The Labute approximate surface area is 144 Å². The SMILES string of the molecule is O=C(C1CC1)N1CCC[C@@H](c2nc(-c3cc4ccccc4o3)no2)C1. The molecular formula is C19H19N3O3. The van der Waals surface area contributed by atoms with E-state index in [1.807, 2.05) is 35.2 Å². The number of fused-ring (bicyclic) bond motifs is 1. The van der Waals surface area contributed by atoms with Crippen LogP contribution in [-0.2, 0) is 4.79 Å². The molecule has 1 aromatic carbocycles. The first-order valence-corrected chi connectivity index (χ1v) is 8.89. The van der Waals surface area contributed by atoms with Gasteiger partial charge >= 0.3 is 0 Å². The maximum Gasteiger partial charge on any atom is 0.238 e. The fourth-order valence-corrected chi connectivity index (χ4v) is 3.56. The second-order valence-electron chi connectivity index (χ2n) is 7.00. The third-order valence-corrected chi connectivity index (χ3v) is 5.10. The standard InChI is InChI=1S/C19H19N3O3/c23-19(12-7-8-12)22-9-3-5-14(11-22)18-20-17(21-25-18)16-10-13-4-1-2-6-15(13)24-16/h1-2,4,6,10,12,14H,3,5,7-9,11H2/t14-/m1/s1. The van der Waals surface area contributed by atoms with Gasteiger partial charge in [-0.2, -0.15) is 4.98 Å². The highest BCUT2D eigenvalue weighted by Crippen LogP contribution is 2.34. The van der Waals surface area contributed by atoms with E-state index in [1.54, 1.807) is 0 Å². The van der Waals surface area contributed by atoms with Crippen molar-refractivity contribution in [2.24, 2.45) is 5.92 Å². The van der Waals surface area contributed by atoms with Gasteiger partial charge in [0.15, 0.2) is 5.76 Å². The molecule has 1 saturated carbocycles. The van der Waals surface area contributed by atoms with Gasteiger partial charge in [-0.1, -0.05) is 23.4 Å². The summed E-state index contributed by atoms with van der Waals surface area (Å²) in [6, 6.07) is 9.74. The summed E-state index contributed by atoms with van der Waals surface area (Å²) in [6.07, 6.45) is 4.02. The van der Waals surface area contributed by atoms with E-state index < -0.39 is 0 Å². The van der Waals surface area contributed by atoms with Gasteiger partial charge < -0.3 is 13.8 Å². The van der Waals surface area contributed by atoms with E-state index in [1.165, 1.54) is 0 Å². The molecule has 5 rings (SSSR count). The molecule has 6 nitrogen and oxygen atoms in total. The number of rotatable bonds is 3. The molecule has 1 saturated heterocycles. The van der Waals surface area contributed by atoms with Crippen molar-refractivity contribution < 1.29 is 13.7 Å². The fourth-order valence-electron chi connectivity index (χ4n) is 3.56. The van der Waals surface area contributed by atoms with Crippen LogP contribution in [-0.4, -0.2) is 34.0 Å². The topological polar surface area (TPSA) is 72.4 Å². The molecule has 3 heterocycles. The van der Waals surface area contributed by atoms with Crippen LogP contribution in [0.2, 0.25) is 0 Å². The predicted molar refractivity (Wildman–Crippen MR) is 90.8 cm³/mol. The van der Waals surface area contributed by atoms with Crippen molar-refractivity contribution in [1.29, 1.82) is 0 Å². The molecule has 128 valence electrons. The number of furan rings is 1. The van der Waals surface area contributed by atoms with Crippen LogP contribution in [0.4, 0.5) is 0 Å². The van der Waals surface area contributed by atoms with Crippen molar-refractivity contribution in [1.82, 2.24) is 15.0 Å². The fraction of sp³-hybridized carbons (Fsp3) is 0.421. The summed E-state index contributed by atoms with van der Waals surface area (Å²) in [5, 5.41) is 5.11. The van der Waals surface area contributed by atoms with Gasteiger partial charge in [-0.15, -0.1) is 0 Å². The molecule has 1 aliphatic heterocycles. The number of carbonyl (C=O) groups excluding carboxylic acids is 1. The smallest absolute Gasteiger partial charge is 0.238 e. The number of hydrogen-bond acceptors (Lipinski definition) is 5. The highest BCUT2D eigenvalue weighted by molar-refractivity contribution is 5.82. The first-order valence-electron chi connectivity index (χ1n) is 8.89. The number of nitrogens with zero attached hydrogens (tertiary/aromatic N) is 3. The lowest BCUT2D eigenvalue weighted by Crippen LogP contribution is -2.40. The van der Waals surface area contributed by atoms with Crippen molar-refractivity contribution in [2.75, 3.05) is 13.1 Å². The maximum atomic E-state index is 12.3. The summed E-state index contributed by atoms with van der Waals surface area (Å²) in [5.41, 5.74) is 0.808. The summed E-state index contributed by atoms with van der Waals surface area (Å²) < 4.78 is 11.3. The van der Waals surface area contributed by atoms with Gasteiger partial charge in [0, 0.05) is 24.4 Å². The van der Waals surface area contributed by atoms with E-state index in [4.69, 9.17) is 8.94 Å². The minimum absolute atomic E-state index is 0.113. The third-order valence-electron chi connectivity index (χ3n) is 5.10. The molecule has 1 amide bonds. The van der Waals surface area contributed by atoms with Crippen molar-refractivity contribution in [2.45, 2.75) is 31.6 Å². The molecule has 2 aliphatic rings. The Kier molecular flexibility index (Phi) is 3.36. The molecule has 0 bridgehead atoms. The van der Waals surface area contributed by atoms with Gasteiger partial charge in [0.2, 0.25) is 17.6 Å². The third kappa shape index (κ3) is 2.71. The zero-order chi connectivity index (χ0) is 16.8. The second-order valence-corrected chi connectivity index (χ2v) is 7.00. The van der Waals surface area contributed by atoms with Crippen LogP contribution in [0.5, 0.6) is 0 Å². The molecule has 0 radical (unpaired) electrons. The number of carbonyl (C=O) groups is 1. The van der Waals surface area contributed by atoms with Gasteiger partial charge in [-0.3, -0.25) is 4.79 Å². The maximum absolute atomic E-state index is 12.3. The minimum atomic E-state index is 0.113. The molecule has 1 aliphatic carbocycles. The first-order chi connectivity index (χ1) is 12.3. The van der Waals surface area contributed by atoms with Gasteiger partial charge in [-0.25, -0.2) is 0 Å². The quantitative estimate of drug-likeness (QED) is 0.730. The van der Waals surface area contributed by atoms with Gasteiger partial charge in [0.25, 0.3) is 0 Å². The number of piperidine rings is 1. The average Bonchev–Trinajstić information content (AvgIpc) is 3.21. The number of aromatic nitrogens is 2. The largest absolute Gasteiger partial charge is 0.453 e. The highest BCUT2D eigenvalue weighted by atomic mass is 16.5. The van der Waals surface area contributed by atoms with Crippen LogP contribution in [0.3, 0.4) is 0 Å². The molecule has 2 fully saturated rings. The molecule has 3 aromatic rings. The molecule has 25 heavy (non-hydrogen) atoms. The van der Waals surface area contributed by atoms with Crippen LogP contribution < -0.4 is 0 Å². The van der Waals surface area contributed by atoms with E-state index in [-0.39, 0.29) is 11.8 Å². The van der Waals surface area contributed by atoms with Crippen LogP contribution in [0.1, 0.15) is 37.5 Å². The van der Waals surface area contributed by atoms with Crippen LogP contribution >= 0.6 is 0 Å². The highest BCUT2D eigenvalue weighted by Gasteiger charge is 2.36. The Morgan fingerprint density at radius 1 is 1.20 bits per heavy atom. The number of benzene rings is 1. The summed E-state index contributed by atoms with van der Waals surface area (Å²) in [6.45, 7) is 1.52. The average molecular weight is 337 g/mol. The second kappa shape index (κ2) is 5.72. The number of amides is 1. The van der Waals surface area contributed by atoms with E-state index in [9.17, 15) is 4.79 Å². The van der Waals surface area contributed by atoms with Gasteiger partial charge in [0.1, 0.15) is 5.58 Å². The normalized spacial score (nSPS) is 21.0. The summed E-state index contributed by atoms with van der Waals surface area (Å²) in [7, 11) is 0. The first kappa shape index (κ1) is 14.7. The predicted octanol–water partition coefficient (Wildman–Crippen LogP) is 3.60. The zero-order valence-corrected chi connectivity index (χ0v) is 13.9. The van der Waals surface area contributed by atoms with Crippen molar-refractivity contribution in [3.8, 4) is 11.6 Å². The Morgan fingerprint density at radius 2 is 2.08 bits per heavy atom. The van der Waals surface area contributed by atoms with Gasteiger partial charge in [0.05, 0.1) is 5.92 Å². The molecule has 0 unspecified atom stereocenters.